The predicted molar refractivity (Wildman–Crippen MR) is 126 cm³/mol. The first-order chi connectivity index (χ1) is 14.3. The summed E-state index contributed by atoms with van der Waals surface area (Å²) in [5, 5.41) is 3.11. The van der Waals surface area contributed by atoms with Crippen LogP contribution in [0.5, 0.6) is 5.75 Å². The Balaban J connectivity index is 2.36. The summed E-state index contributed by atoms with van der Waals surface area (Å²) in [6.07, 6.45) is 3.22. The lowest BCUT2D eigenvalue weighted by Gasteiger charge is -2.19. The van der Waals surface area contributed by atoms with Crippen LogP contribution in [0, 0.1) is 6.92 Å². The van der Waals surface area contributed by atoms with Gasteiger partial charge in [0, 0.05) is 50.4 Å². The number of hydrogen-bond donors (Lipinski definition) is 2. The first kappa shape index (κ1) is 23.0. The molecule has 0 fully saturated rings. The van der Waals surface area contributed by atoms with E-state index in [-0.39, 0.29) is 11.9 Å². The predicted octanol–water partition coefficient (Wildman–Crippen LogP) is 3.95. The largest absolute Gasteiger partial charge is 0.494 e. The molecule has 0 aliphatic carbocycles. The number of benzene rings is 2. The molecule has 0 saturated carbocycles. The minimum atomic E-state index is -0.225. The van der Waals surface area contributed by atoms with Crippen LogP contribution in [0.25, 0.3) is 5.57 Å². The number of allylic oxidation sites excluding steroid dienone is 1. The second-order valence-corrected chi connectivity index (χ2v) is 7.32. The Labute approximate surface area is 179 Å². The molecular weight excluding hydrogens is 376 g/mol. The van der Waals surface area contributed by atoms with Gasteiger partial charge in [-0.15, -0.1) is 0 Å². The van der Waals surface area contributed by atoms with E-state index in [4.69, 9.17) is 10.5 Å². The molecule has 0 radical (unpaired) electrons. The molecular formula is C24H32N4O2. The minimum absolute atomic E-state index is 0.114. The highest BCUT2D eigenvalue weighted by Gasteiger charge is 2.16. The van der Waals surface area contributed by atoms with E-state index in [0.717, 1.165) is 33.7 Å². The van der Waals surface area contributed by atoms with Gasteiger partial charge in [0.05, 0.1) is 12.6 Å². The summed E-state index contributed by atoms with van der Waals surface area (Å²) < 4.78 is 5.73. The molecule has 1 amide bonds. The molecule has 2 rings (SSSR count). The Morgan fingerprint density at radius 3 is 2.60 bits per heavy atom. The van der Waals surface area contributed by atoms with Crippen LogP contribution in [0.3, 0.4) is 0 Å². The maximum atomic E-state index is 13.0. The van der Waals surface area contributed by atoms with Crippen LogP contribution in [0.15, 0.2) is 47.6 Å². The Bertz CT molecular complexity index is 948. The molecule has 160 valence electrons. The SMILES string of the molecule is CCOc1cc(/C(C=NC)=C/N)cc(C(C)NC(=O)c2cc(N(C)C)ccc2C)c1. The van der Waals surface area contributed by atoms with Crippen molar-refractivity contribution >= 4 is 23.4 Å². The maximum Gasteiger partial charge on any atom is 0.252 e. The van der Waals surface area contributed by atoms with Gasteiger partial charge in [0.15, 0.2) is 0 Å². The number of rotatable bonds is 8. The second kappa shape index (κ2) is 10.5. The van der Waals surface area contributed by atoms with Crippen LogP contribution in [0.1, 0.15) is 46.9 Å². The van der Waals surface area contributed by atoms with Crippen LogP contribution in [-0.2, 0) is 0 Å². The number of aryl methyl sites for hydroxylation is 1. The summed E-state index contributed by atoms with van der Waals surface area (Å²) in [5.41, 5.74) is 11.0. The fraction of sp³-hybridized carbons (Fsp3) is 0.333. The highest BCUT2D eigenvalue weighted by molar-refractivity contribution is 6.09. The van der Waals surface area contributed by atoms with Gasteiger partial charge in [0.2, 0.25) is 0 Å². The quantitative estimate of drug-likeness (QED) is 0.648. The summed E-state index contributed by atoms with van der Waals surface area (Å²) in [6, 6.07) is 11.5. The summed E-state index contributed by atoms with van der Waals surface area (Å²) >= 11 is 0. The first-order valence-electron chi connectivity index (χ1n) is 10.0. The van der Waals surface area contributed by atoms with Crippen molar-refractivity contribution in [1.82, 2.24) is 5.32 Å². The van der Waals surface area contributed by atoms with Crippen LogP contribution in [-0.4, -0.2) is 39.9 Å². The van der Waals surface area contributed by atoms with E-state index in [1.165, 1.54) is 6.20 Å². The molecule has 0 spiro atoms. The first-order valence-corrected chi connectivity index (χ1v) is 10.0. The number of carbonyl (C=O) groups is 1. The lowest BCUT2D eigenvalue weighted by molar-refractivity contribution is 0.0939. The van der Waals surface area contributed by atoms with Gasteiger partial charge in [-0.05, 0) is 67.8 Å². The third kappa shape index (κ3) is 5.63. The number of nitrogens with one attached hydrogen (secondary N) is 1. The summed E-state index contributed by atoms with van der Waals surface area (Å²) in [6.45, 7) is 6.38. The second-order valence-electron chi connectivity index (χ2n) is 7.32. The van der Waals surface area contributed by atoms with Gasteiger partial charge in [-0.25, -0.2) is 0 Å². The minimum Gasteiger partial charge on any atom is -0.494 e. The average Bonchev–Trinajstić information content (AvgIpc) is 2.71. The van der Waals surface area contributed by atoms with Gasteiger partial charge in [-0.1, -0.05) is 6.07 Å². The van der Waals surface area contributed by atoms with Crippen molar-refractivity contribution in [2.75, 3.05) is 32.6 Å². The fourth-order valence-electron chi connectivity index (χ4n) is 3.13. The third-order valence-electron chi connectivity index (χ3n) is 4.85. The number of carbonyl (C=O) groups excluding carboxylic acids is 1. The van der Waals surface area contributed by atoms with Gasteiger partial charge >= 0.3 is 0 Å². The number of anilines is 1. The molecule has 1 unspecified atom stereocenters. The molecule has 6 nitrogen and oxygen atoms in total. The molecule has 0 saturated heterocycles. The zero-order chi connectivity index (χ0) is 22.3. The van der Waals surface area contributed by atoms with E-state index in [1.807, 2.05) is 76.2 Å². The number of hydrogen-bond acceptors (Lipinski definition) is 5. The summed E-state index contributed by atoms with van der Waals surface area (Å²) in [7, 11) is 5.61. The van der Waals surface area contributed by atoms with Crippen molar-refractivity contribution in [2.24, 2.45) is 10.7 Å². The molecule has 0 heterocycles. The highest BCUT2D eigenvalue weighted by atomic mass is 16.5. The standard InChI is InChI=1S/C24H32N4O2/c1-7-30-22-11-18(10-19(12-22)20(14-25)15-26-4)17(3)27-24(29)23-13-21(28(5)6)9-8-16(23)2/h8-15,17H,7,25H2,1-6H3,(H,27,29)/b20-14+,26-15?. The molecule has 0 aromatic heterocycles. The molecule has 2 aromatic rings. The van der Waals surface area contributed by atoms with Crippen molar-refractivity contribution in [2.45, 2.75) is 26.8 Å². The lowest BCUT2D eigenvalue weighted by atomic mass is 9.99. The molecule has 6 heteroatoms. The van der Waals surface area contributed by atoms with Gasteiger partial charge in [0.1, 0.15) is 5.75 Å². The van der Waals surface area contributed by atoms with Crippen LogP contribution in [0.2, 0.25) is 0 Å². The number of aliphatic imine (C=N–C) groups is 1. The van der Waals surface area contributed by atoms with Crippen molar-refractivity contribution in [1.29, 1.82) is 0 Å². The summed E-state index contributed by atoms with van der Waals surface area (Å²) in [4.78, 5) is 19.0. The van der Waals surface area contributed by atoms with E-state index in [9.17, 15) is 4.79 Å². The van der Waals surface area contributed by atoms with Crippen molar-refractivity contribution < 1.29 is 9.53 Å². The van der Waals surface area contributed by atoms with Crippen molar-refractivity contribution in [3.63, 3.8) is 0 Å². The van der Waals surface area contributed by atoms with Gasteiger partial charge in [-0.3, -0.25) is 9.79 Å². The van der Waals surface area contributed by atoms with Crippen LogP contribution in [0.4, 0.5) is 5.69 Å². The normalized spacial score (nSPS) is 12.7. The molecule has 0 aliphatic rings. The molecule has 3 N–H and O–H groups in total. The Morgan fingerprint density at radius 2 is 2.00 bits per heavy atom. The third-order valence-corrected chi connectivity index (χ3v) is 4.85. The number of nitrogens with zero attached hydrogens (tertiary/aromatic N) is 2. The monoisotopic (exact) mass is 408 g/mol. The van der Waals surface area contributed by atoms with E-state index in [2.05, 4.69) is 10.3 Å². The summed E-state index contributed by atoms with van der Waals surface area (Å²) in [5.74, 6) is 0.609. The smallest absolute Gasteiger partial charge is 0.252 e. The Hall–Kier alpha value is -3.28. The van der Waals surface area contributed by atoms with Crippen LogP contribution < -0.4 is 20.7 Å². The zero-order valence-electron chi connectivity index (χ0n) is 18.7. The van der Waals surface area contributed by atoms with E-state index < -0.39 is 0 Å². The van der Waals surface area contributed by atoms with Gasteiger partial charge in [-0.2, -0.15) is 0 Å². The lowest BCUT2D eigenvalue weighted by Crippen LogP contribution is -2.27. The fourth-order valence-corrected chi connectivity index (χ4v) is 3.13. The molecule has 0 aliphatic heterocycles. The molecule has 1 atom stereocenters. The molecule has 0 bridgehead atoms. The Kier molecular flexibility index (Phi) is 8.04. The highest BCUT2D eigenvalue weighted by Crippen LogP contribution is 2.26. The average molecular weight is 409 g/mol. The number of ether oxygens (including phenoxy) is 1. The van der Waals surface area contributed by atoms with Crippen LogP contribution >= 0.6 is 0 Å². The van der Waals surface area contributed by atoms with E-state index in [1.54, 1.807) is 13.3 Å². The maximum absolute atomic E-state index is 13.0. The van der Waals surface area contributed by atoms with Gasteiger partial charge < -0.3 is 20.7 Å². The van der Waals surface area contributed by atoms with Gasteiger partial charge in [0.25, 0.3) is 5.91 Å². The van der Waals surface area contributed by atoms with Crippen molar-refractivity contribution in [3.8, 4) is 5.75 Å². The van der Waals surface area contributed by atoms with E-state index in [0.29, 0.717) is 12.2 Å². The molecule has 30 heavy (non-hydrogen) atoms. The van der Waals surface area contributed by atoms with Crippen molar-refractivity contribution in [3.05, 3.63) is 64.9 Å². The zero-order valence-corrected chi connectivity index (χ0v) is 18.7. The topological polar surface area (TPSA) is 80.0 Å². The number of nitrogens with two attached hydrogens (primary N) is 1. The van der Waals surface area contributed by atoms with E-state index >= 15 is 0 Å². The Morgan fingerprint density at radius 1 is 1.27 bits per heavy atom. The molecule has 2 aromatic carbocycles. The number of amides is 1.